The number of nitrogens with two attached hydrogens (primary N) is 2. The van der Waals surface area contributed by atoms with E-state index >= 15 is 0 Å². The van der Waals surface area contributed by atoms with Gasteiger partial charge in [0.15, 0.2) is 0 Å². The van der Waals surface area contributed by atoms with Crippen molar-refractivity contribution in [1.82, 2.24) is 10.6 Å². The predicted octanol–water partition coefficient (Wildman–Crippen LogP) is -1.18. The molecule has 6 N–H and O–H groups in total. The van der Waals surface area contributed by atoms with E-state index in [1.807, 2.05) is 0 Å². The summed E-state index contributed by atoms with van der Waals surface area (Å²) in [5, 5.41) is 5.45. The average molecular weight is 228 g/mol. The first-order valence-corrected chi connectivity index (χ1v) is 5.05. The summed E-state index contributed by atoms with van der Waals surface area (Å²) in [6.45, 7) is 7.63. The maximum atomic E-state index is 11.1. The number of carbonyl (C=O) groups is 2. The van der Waals surface area contributed by atoms with Crippen molar-refractivity contribution < 1.29 is 9.59 Å². The van der Waals surface area contributed by atoms with Gasteiger partial charge >= 0.3 is 0 Å². The van der Waals surface area contributed by atoms with Crippen LogP contribution in [0.2, 0.25) is 0 Å². The van der Waals surface area contributed by atoms with Crippen LogP contribution in [-0.4, -0.2) is 30.6 Å². The van der Waals surface area contributed by atoms with Crippen molar-refractivity contribution in [3.8, 4) is 0 Å². The minimum atomic E-state index is -1.21. The molecular formula is C10H20N4O2. The second-order valence-electron chi connectivity index (χ2n) is 3.88. The van der Waals surface area contributed by atoms with Crippen LogP contribution in [0.3, 0.4) is 0 Å². The summed E-state index contributed by atoms with van der Waals surface area (Å²) >= 11 is 0. The monoisotopic (exact) mass is 228 g/mol. The van der Waals surface area contributed by atoms with E-state index in [0.717, 1.165) is 0 Å². The molecule has 1 atom stereocenters. The quantitative estimate of drug-likeness (QED) is 0.250. The van der Waals surface area contributed by atoms with Gasteiger partial charge in [-0.1, -0.05) is 6.58 Å². The van der Waals surface area contributed by atoms with Gasteiger partial charge in [-0.3, -0.25) is 14.9 Å². The fourth-order valence-electron chi connectivity index (χ4n) is 0.876. The van der Waals surface area contributed by atoms with Gasteiger partial charge in [-0.2, -0.15) is 0 Å². The summed E-state index contributed by atoms with van der Waals surface area (Å²) in [5.41, 5.74) is 9.88. The van der Waals surface area contributed by atoms with Crippen molar-refractivity contribution in [1.29, 1.82) is 0 Å². The zero-order valence-corrected chi connectivity index (χ0v) is 9.80. The van der Waals surface area contributed by atoms with Crippen molar-refractivity contribution in [3.05, 3.63) is 12.2 Å². The number of carbonyl (C=O) groups excluding carboxylic acids is 2. The van der Waals surface area contributed by atoms with Crippen LogP contribution >= 0.6 is 0 Å². The lowest BCUT2D eigenvalue weighted by Crippen LogP contribution is -2.60. The number of amides is 2. The largest absolute Gasteiger partial charge is 0.367 e. The molecule has 92 valence electrons. The van der Waals surface area contributed by atoms with E-state index in [-0.39, 0.29) is 5.91 Å². The summed E-state index contributed by atoms with van der Waals surface area (Å²) in [6.07, 6.45) is 0.652. The zero-order valence-electron chi connectivity index (χ0n) is 9.80. The van der Waals surface area contributed by atoms with Gasteiger partial charge in [0, 0.05) is 12.1 Å². The minimum absolute atomic E-state index is 0.176. The van der Waals surface area contributed by atoms with E-state index in [9.17, 15) is 9.59 Å². The highest BCUT2D eigenvalue weighted by Gasteiger charge is 2.23. The molecule has 0 aliphatic rings. The Labute approximate surface area is 95.4 Å². The third-order valence-electron chi connectivity index (χ3n) is 2.03. The summed E-state index contributed by atoms with van der Waals surface area (Å²) in [5.74, 6) is -0.788. The van der Waals surface area contributed by atoms with Crippen LogP contribution in [0.25, 0.3) is 0 Å². The van der Waals surface area contributed by atoms with E-state index in [0.29, 0.717) is 25.1 Å². The summed E-state index contributed by atoms with van der Waals surface area (Å²) in [7, 11) is 0. The SMILES string of the molecule is C=C(C)C(=O)NCCCNC(C)(N)C(N)=O. The number of hydrogen-bond donors (Lipinski definition) is 4. The second-order valence-corrected chi connectivity index (χ2v) is 3.88. The molecule has 0 aromatic heterocycles. The van der Waals surface area contributed by atoms with Gasteiger partial charge in [-0.05, 0) is 26.8 Å². The van der Waals surface area contributed by atoms with E-state index in [4.69, 9.17) is 11.5 Å². The van der Waals surface area contributed by atoms with Gasteiger partial charge < -0.3 is 16.8 Å². The average Bonchev–Trinajstić information content (AvgIpc) is 2.16. The highest BCUT2D eigenvalue weighted by molar-refractivity contribution is 5.92. The lowest BCUT2D eigenvalue weighted by molar-refractivity contribution is -0.123. The Kier molecular flexibility index (Phi) is 5.69. The van der Waals surface area contributed by atoms with Crippen molar-refractivity contribution >= 4 is 11.8 Å². The molecule has 1 unspecified atom stereocenters. The molecule has 6 nitrogen and oxygen atoms in total. The molecule has 0 aliphatic heterocycles. The van der Waals surface area contributed by atoms with Crippen LogP contribution < -0.4 is 22.1 Å². The number of hydrogen-bond acceptors (Lipinski definition) is 4. The Hall–Kier alpha value is -1.40. The van der Waals surface area contributed by atoms with Crippen molar-refractivity contribution in [2.75, 3.05) is 13.1 Å². The zero-order chi connectivity index (χ0) is 12.8. The maximum Gasteiger partial charge on any atom is 0.252 e. The van der Waals surface area contributed by atoms with Gasteiger partial charge in [0.05, 0.1) is 0 Å². The van der Waals surface area contributed by atoms with Gasteiger partial charge in [-0.25, -0.2) is 0 Å². The van der Waals surface area contributed by atoms with E-state index in [1.165, 1.54) is 6.92 Å². The third kappa shape index (κ3) is 5.47. The lowest BCUT2D eigenvalue weighted by Gasteiger charge is -2.22. The first kappa shape index (κ1) is 14.6. The Morgan fingerprint density at radius 2 is 1.94 bits per heavy atom. The van der Waals surface area contributed by atoms with Crippen molar-refractivity contribution in [2.24, 2.45) is 11.5 Å². The molecule has 0 bridgehead atoms. The third-order valence-corrected chi connectivity index (χ3v) is 2.03. The molecule has 0 saturated carbocycles. The Morgan fingerprint density at radius 3 is 2.38 bits per heavy atom. The summed E-state index contributed by atoms with van der Waals surface area (Å²) in [4.78, 5) is 21.9. The molecule has 0 saturated heterocycles. The molecule has 0 radical (unpaired) electrons. The molecule has 0 heterocycles. The molecule has 0 spiro atoms. The Bertz CT molecular complexity index is 287. The molecule has 6 heteroatoms. The summed E-state index contributed by atoms with van der Waals surface area (Å²) < 4.78 is 0. The second kappa shape index (κ2) is 6.24. The van der Waals surface area contributed by atoms with Crippen molar-refractivity contribution in [2.45, 2.75) is 25.9 Å². The smallest absolute Gasteiger partial charge is 0.252 e. The van der Waals surface area contributed by atoms with Crippen LogP contribution in [0, 0.1) is 0 Å². The number of nitrogens with one attached hydrogen (secondary N) is 2. The highest BCUT2D eigenvalue weighted by Crippen LogP contribution is 1.91. The minimum Gasteiger partial charge on any atom is -0.367 e. The first-order valence-electron chi connectivity index (χ1n) is 5.05. The van der Waals surface area contributed by atoms with E-state index in [1.54, 1.807) is 6.92 Å². The van der Waals surface area contributed by atoms with Crippen LogP contribution in [0.5, 0.6) is 0 Å². The molecule has 0 fully saturated rings. The Morgan fingerprint density at radius 1 is 1.38 bits per heavy atom. The molecule has 16 heavy (non-hydrogen) atoms. The van der Waals surface area contributed by atoms with Crippen LogP contribution in [-0.2, 0) is 9.59 Å². The Balaban J connectivity index is 3.66. The summed E-state index contributed by atoms with van der Waals surface area (Å²) in [6, 6.07) is 0. The van der Waals surface area contributed by atoms with Gasteiger partial charge in [-0.15, -0.1) is 0 Å². The molecule has 0 rings (SSSR count). The fourth-order valence-corrected chi connectivity index (χ4v) is 0.876. The molecule has 0 aromatic rings. The van der Waals surface area contributed by atoms with Crippen molar-refractivity contribution in [3.63, 3.8) is 0 Å². The van der Waals surface area contributed by atoms with Gasteiger partial charge in [0.2, 0.25) is 5.91 Å². The number of primary amides is 1. The lowest BCUT2D eigenvalue weighted by atomic mass is 10.2. The van der Waals surface area contributed by atoms with Crippen LogP contribution in [0.1, 0.15) is 20.3 Å². The van der Waals surface area contributed by atoms with Crippen LogP contribution in [0.15, 0.2) is 12.2 Å². The topological polar surface area (TPSA) is 110 Å². The molecule has 0 aliphatic carbocycles. The fraction of sp³-hybridized carbons (Fsp3) is 0.600. The standard InChI is InChI=1S/C10H20N4O2/c1-7(2)8(15)13-5-4-6-14-10(3,12)9(11)16/h14H,1,4-6,12H2,2-3H3,(H2,11,16)(H,13,15). The van der Waals surface area contributed by atoms with Crippen LogP contribution in [0.4, 0.5) is 0 Å². The van der Waals surface area contributed by atoms with Gasteiger partial charge in [0.1, 0.15) is 5.66 Å². The molecular weight excluding hydrogens is 208 g/mol. The maximum absolute atomic E-state index is 11.1. The van der Waals surface area contributed by atoms with E-state index in [2.05, 4.69) is 17.2 Å². The normalized spacial score (nSPS) is 13.9. The van der Waals surface area contributed by atoms with E-state index < -0.39 is 11.6 Å². The number of rotatable bonds is 7. The highest BCUT2D eigenvalue weighted by atomic mass is 16.2. The first-order chi connectivity index (χ1) is 7.27. The van der Waals surface area contributed by atoms with Gasteiger partial charge in [0.25, 0.3) is 5.91 Å². The molecule has 2 amide bonds. The predicted molar refractivity (Wildman–Crippen MR) is 62.2 cm³/mol. The molecule has 0 aromatic carbocycles.